The van der Waals surface area contributed by atoms with Crippen molar-refractivity contribution in [3.63, 3.8) is 0 Å². The minimum atomic E-state index is 0.781. The van der Waals surface area contributed by atoms with Gasteiger partial charge < -0.3 is 0 Å². The molecular formula is C15H16. The Hall–Kier alpha value is -1.30. The summed E-state index contributed by atoms with van der Waals surface area (Å²) in [5.74, 6) is 0.781. The first-order valence-electron chi connectivity index (χ1n) is 5.83. The van der Waals surface area contributed by atoms with Crippen molar-refractivity contribution in [3.05, 3.63) is 46.4 Å². The summed E-state index contributed by atoms with van der Waals surface area (Å²) in [5, 5.41) is 2.94. The lowest BCUT2D eigenvalue weighted by Gasteiger charge is -2.23. The van der Waals surface area contributed by atoms with Crippen LogP contribution in [0.3, 0.4) is 0 Å². The van der Waals surface area contributed by atoms with E-state index in [-0.39, 0.29) is 0 Å². The summed E-state index contributed by atoms with van der Waals surface area (Å²) in [4.78, 5) is 0. The molecule has 1 aromatic carbocycles. The second kappa shape index (κ2) is 3.37. The molecule has 2 aliphatic rings. The van der Waals surface area contributed by atoms with Crippen molar-refractivity contribution in [2.45, 2.75) is 26.2 Å². The molecule has 0 heteroatoms. The summed E-state index contributed by atoms with van der Waals surface area (Å²) in [6.45, 7) is 2.23. The van der Waals surface area contributed by atoms with Crippen molar-refractivity contribution < 1.29 is 0 Å². The Kier molecular flexibility index (Phi) is 2.02. The van der Waals surface area contributed by atoms with E-state index in [0.29, 0.717) is 0 Å². The van der Waals surface area contributed by atoms with Crippen LogP contribution in [-0.4, -0.2) is 0 Å². The lowest BCUT2D eigenvalue weighted by molar-refractivity contribution is 0.618. The third-order valence-corrected chi connectivity index (χ3v) is 3.64. The fourth-order valence-electron chi connectivity index (χ4n) is 2.86. The molecule has 0 bridgehead atoms. The third kappa shape index (κ3) is 1.36. The van der Waals surface area contributed by atoms with Crippen LogP contribution in [0, 0.1) is 12.8 Å². The van der Waals surface area contributed by atoms with Gasteiger partial charge in [-0.25, -0.2) is 0 Å². The molecule has 0 nitrogen and oxygen atoms in total. The topological polar surface area (TPSA) is 0 Å². The molecule has 3 rings (SSSR count). The molecule has 0 saturated heterocycles. The van der Waals surface area contributed by atoms with E-state index in [1.54, 1.807) is 5.57 Å². The fraction of sp³-hybridized carbons (Fsp3) is 0.333. The Balaban J connectivity index is 2.43. The lowest BCUT2D eigenvalue weighted by Crippen LogP contribution is -2.35. The number of benzene rings is 1. The predicted molar refractivity (Wildman–Crippen MR) is 64.8 cm³/mol. The molecule has 0 amide bonds. The summed E-state index contributed by atoms with van der Waals surface area (Å²) in [6.07, 6.45) is 10.9. The van der Waals surface area contributed by atoms with E-state index in [2.05, 4.69) is 43.4 Å². The minimum absolute atomic E-state index is 0.781. The van der Waals surface area contributed by atoms with Crippen LogP contribution in [-0.2, 0) is 0 Å². The number of hydrogen-bond acceptors (Lipinski definition) is 0. The van der Waals surface area contributed by atoms with Crippen LogP contribution < -0.4 is 10.4 Å². The van der Waals surface area contributed by atoms with Gasteiger partial charge in [-0.3, -0.25) is 0 Å². The van der Waals surface area contributed by atoms with Gasteiger partial charge >= 0.3 is 0 Å². The van der Waals surface area contributed by atoms with Crippen LogP contribution in [0.1, 0.15) is 24.8 Å². The van der Waals surface area contributed by atoms with Gasteiger partial charge in [-0.2, -0.15) is 0 Å². The van der Waals surface area contributed by atoms with Crippen molar-refractivity contribution >= 4 is 11.6 Å². The highest BCUT2D eigenvalue weighted by atomic mass is 14.2. The normalized spacial score (nSPS) is 23.0. The Morgan fingerprint density at radius 3 is 3.13 bits per heavy atom. The van der Waals surface area contributed by atoms with Gasteiger partial charge in [0.2, 0.25) is 0 Å². The predicted octanol–water partition coefficient (Wildman–Crippen LogP) is 2.30. The second-order valence-electron chi connectivity index (χ2n) is 4.61. The van der Waals surface area contributed by atoms with Crippen molar-refractivity contribution in [2.75, 3.05) is 0 Å². The van der Waals surface area contributed by atoms with Gasteiger partial charge in [0.1, 0.15) is 0 Å². The molecule has 0 aliphatic heterocycles. The average molecular weight is 196 g/mol. The van der Waals surface area contributed by atoms with Gasteiger partial charge in [0, 0.05) is 0 Å². The Labute approximate surface area is 90.6 Å². The number of rotatable bonds is 0. The maximum absolute atomic E-state index is 2.41. The monoisotopic (exact) mass is 196 g/mol. The number of fused-ring (bicyclic) bond motifs is 2. The summed E-state index contributed by atoms with van der Waals surface area (Å²) >= 11 is 0. The quantitative estimate of drug-likeness (QED) is 0.597. The summed E-state index contributed by atoms with van der Waals surface area (Å²) in [5.41, 5.74) is 3.01. The van der Waals surface area contributed by atoms with E-state index in [9.17, 15) is 0 Å². The molecule has 0 spiro atoms. The average Bonchev–Trinajstić information content (AvgIpc) is 2.29. The molecule has 0 saturated carbocycles. The number of aryl methyl sites for hydroxylation is 1. The molecular weight excluding hydrogens is 180 g/mol. The van der Waals surface area contributed by atoms with Gasteiger partial charge in [-0.15, -0.1) is 0 Å². The summed E-state index contributed by atoms with van der Waals surface area (Å²) < 4.78 is 0. The number of allylic oxidation sites excluding steroid dienone is 2. The van der Waals surface area contributed by atoms with E-state index in [0.717, 1.165) is 5.92 Å². The maximum Gasteiger partial charge on any atom is -0.0118 e. The van der Waals surface area contributed by atoms with E-state index in [1.165, 1.54) is 35.3 Å². The van der Waals surface area contributed by atoms with Crippen molar-refractivity contribution in [1.29, 1.82) is 0 Å². The molecule has 76 valence electrons. The van der Waals surface area contributed by atoms with Gasteiger partial charge in [0.25, 0.3) is 0 Å². The highest BCUT2D eigenvalue weighted by Crippen LogP contribution is 2.28. The Morgan fingerprint density at radius 1 is 1.27 bits per heavy atom. The standard InChI is InChI=1S/C15H16/c1-11-5-4-7-13-10-9-12-6-2-3-8-14(12)15(11)13/h3-5,7-8,10,12H,2,6,9H2,1H3. The van der Waals surface area contributed by atoms with Crippen LogP contribution in [0.15, 0.2) is 30.4 Å². The van der Waals surface area contributed by atoms with Crippen LogP contribution in [0.25, 0.3) is 11.6 Å². The molecule has 1 unspecified atom stereocenters. The maximum atomic E-state index is 2.41. The van der Waals surface area contributed by atoms with Gasteiger partial charge in [-0.05, 0) is 53.7 Å². The zero-order valence-electron chi connectivity index (χ0n) is 9.16. The van der Waals surface area contributed by atoms with Gasteiger partial charge in [0.15, 0.2) is 0 Å². The molecule has 0 fully saturated rings. The zero-order valence-corrected chi connectivity index (χ0v) is 9.16. The van der Waals surface area contributed by atoms with Gasteiger partial charge in [0.05, 0.1) is 0 Å². The molecule has 15 heavy (non-hydrogen) atoms. The Bertz CT molecular complexity index is 532. The second-order valence-corrected chi connectivity index (χ2v) is 4.61. The highest BCUT2D eigenvalue weighted by molar-refractivity contribution is 5.65. The Morgan fingerprint density at radius 2 is 2.20 bits per heavy atom. The van der Waals surface area contributed by atoms with Crippen molar-refractivity contribution in [1.82, 2.24) is 0 Å². The molecule has 0 radical (unpaired) electrons. The smallest absolute Gasteiger partial charge is 0.0118 e. The van der Waals surface area contributed by atoms with Crippen LogP contribution in [0.4, 0.5) is 0 Å². The summed E-state index contributed by atoms with van der Waals surface area (Å²) in [7, 11) is 0. The third-order valence-electron chi connectivity index (χ3n) is 3.64. The van der Waals surface area contributed by atoms with Crippen LogP contribution >= 0.6 is 0 Å². The molecule has 0 aromatic heterocycles. The molecule has 0 heterocycles. The molecule has 0 N–H and O–H groups in total. The number of hydrogen-bond donors (Lipinski definition) is 0. The van der Waals surface area contributed by atoms with E-state index >= 15 is 0 Å². The largest absolute Gasteiger partial charge is 0.0842 e. The van der Waals surface area contributed by atoms with Crippen molar-refractivity contribution in [3.8, 4) is 0 Å². The van der Waals surface area contributed by atoms with E-state index < -0.39 is 0 Å². The van der Waals surface area contributed by atoms with E-state index in [1.807, 2.05) is 0 Å². The van der Waals surface area contributed by atoms with Crippen LogP contribution in [0.2, 0.25) is 0 Å². The minimum Gasteiger partial charge on any atom is -0.0842 e. The first-order chi connectivity index (χ1) is 7.36. The van der Waals surface area contributed by atoms with Gasteiger partial charge in [-0.1, -0.05) is 36.4 Å². The van der Waals surface area contributed by atoms with E-state index in [4.69, 9.17) is 0 Å². The first-order valence-corrected chi connectivity index (χ1v) is 5.83. The first kappa shape index (κ1) is 8.96. The van der Waals surface area contributed by atoms with Crippen LogP contribution in [0.5, 0.6) is 0 Å². The zero-order chi connectivity index (χ0) is 10.3. The lowest BCUT2D eigenvalue weighted by atomic mass is 9.81. The molecule has 1 atom stereocenters. The summed E-state index contributed by atoms with van der Waals surface area (Å²) in [6, 6.07) is 6.64. The molecule has 1 aromatic rings. The molecule has 2 aliphatic carbocycles. The highest BCUT2D eigenvalue weighted by Gasteiger charge is 2.18. The van der Waals surface area contributed by atoms with Crippen molar-refractivity contribution in [2.24, 2.45) is 5.92 Å². The fourth-order valence-corrected chi connectivity index (χ4v) is 2.86. The SMILES string of the molecule is Cc1cccc2c1=C1C=CCCC1CC=2.